The average Bonchev–Trinajstić information content (AvgIpc) is 2.81. The molecule has 1 aliphatic rings. The van der Waals surface area contributed by atoms with E-state index in [1.807, 2.05) is 0 Å². The van der Waals surface area contributed by atoms with Gasteiger partial charge >= 0.3 is 0 Å². The van der Waals surface area contributed by atoms with Gasteiger partial charge in [0, 0.05) is 23.0 Å². The quantitative estimate of drug-likeness (QED) is 0.627. The van der Waals surface area contributed by atoms with E-state index in [1.54, 1.807) is 17.8 Å². The van der Waals surface area contributed by atoms with E-state index >= 15 is 0 Å². The second kappa shape index (κ2) is 5.29. The number of non-ortho nitro benzene ring substituents is 1. The van der Waals surface area contributed by atoms with Crippen LogP contribution in [0.5, 0.6) is 0 Å². The molecule has 1 aromatic rings. The van der Waals surface area contributed by atoms with Crippen LogP contribution in [0.3, 0.4) is 0 Å². The van der Waals surface area contributed by atoms with Gasteiger partial charge in [0.15, 0.2) is 0 Å². The van der Waals surface area contributed by atoms with Crippen molar-refractivity contribution in [1.82, 2.24) is 0 Å². The standard InChI is InChI=1S/C12H11BrN2O2S/c13-11-6-10(15(16)17)3-2-9(11)7-12(8-14)4-1-5-18-12/h2-3,6H,1,4-5,7H2. The van der Waals surface area contributed by atoms with Gasteiger partial charge in [-0.3, -0.25) is 10.1 Å². The summed E-state index contributed by atoms with van der Waals surface area (Å²) in [7, 11) is 0. The molecule has 0 aromatic heterocycles. The summed E-state index contributed by atoms with van der Waals surface area (Å²) < 4.78 is 0.345. The van der Waals surface area contributed by atoms with E-state index in [4.69, 9.17) is 0 Å². The fourth-order valence-corrected chi connectivity index (χ4v) is 3.86. The largest absolute Gasteiger partial charge is 0.270 e. The van der Waals surface area contributed by atoms with Crippen LogP contribution in [-0.2, 0) is 6.42 Å². The first-order valence-corrected chi connectivity index (χ1v) is 7.32. The number of benzene rings is 1. The molecule has 0 spiro atoms. The Morgan fingerprint density at radius 2 is 2.39 bits per heavy atom. The Balaban J connectivity index is 2.25. The summed E-state index contributed by atoms with van der Waals surface area (Å²) >= 11 is 5.04. The van der Waals surface area contributed by atoms with Gasteiger partial charge in [-0.25, -0.2) is 0 Å². The molecule has 1 saturated heterocycles. The van der Waals surface area contributed by atoms with Crippen molar-refractivity contribution in [3.05, 3.63) is 38.3 Å². The smallest absolute Gasteiger partial charge is 0.258 e. The molecule has 18 heavy (non-hydrogen) atoms. The molecule has 2 rings (SSSR count). The third-order valence-corrected chi connectivity index (χ3v) is 5.25. The summed E-state index contributed by atoms with van der Waals surface area (Å²) in [5.74, 6) is 1.01. The predicted octanol–water partition coefficient (Wildman–Crippen LogP) is 3.69. The van der Waals surface area contributed by atoms with Gasteiger partial charge in [-0.15, -0.1) is 11.8 Å². The van der Waals surface area contributed by atoms with Crippen molar-refractivity contribution in [2.24, 2.45) is 0 Å². The zero-order valence-corrected chi connectivity index (χ0v) is 12.0. The van der Waals surface area contributed by atoms with Gasteiger partial charge in [0.05, 0.1) is 11.0 Å². The topological polar surface area (TPSA) is 66.9 Å². The molecule has 1 aliphatic heterocycles. The third-order valence-electron chi connectivity index (χ3n) is 3.03. The van der Waals surface area contributed by atoms with Crippen molar-refractivity contribution >= 4 is 33.4 Å². The van der Waals surface area contributed by atoms with Crippen LogP contribution < -0.4 is 0 Å². The Kier molecular flexibility index (Phi) is 3.93. The van der Waals surface area contributed by atoms with Crippen LogP contribution in [0.15, 0.2) is 22.7 Å². The maximum Gasteiger partial charge on any atom is 0.270 e. The summed E-state index contributed by atoms with van der Waals surface area (Å²) in [6.45, 7) is 0. The molecule has 0 saturated carbocycles. The highest BCUT2D eigenvalue weighted by atomic mass is 79.9. The van der Waals surface area contributed by atoms with E-state index in [9.17, 15) is 15.4 Å². The Morgan fingerprint density at radius 3 is 2.89 bits per heavy atom. The van der Waals surface area contributed by atoms with Gasteiger partial charge < -0.3 is 0 Å². The fraction of sp³-hybridized carbons (Fsp3) is 0.417. The van der Waals surface area contributed by atoms with Gasteiger partial charge in [0.1, 0.15) is 4.75 Å². The summed E-state index contributed by atoms with van der Waals surface area (Å²) in [4.78, 5) is 10.2. The number of nitro benzene ring substituents is 1. The summed E-state index contributed by atoms with van der Waals surface area (Å²) in [6.07, 6.45) is 2.58. The number of thioether (sulfide) groups is 1. The summed E-state index contributed by atoms with van der Waals surface area (Å²) in [5.41, 5.74) is 1.02. The van der Waals surface area contributed by atoms with Crippen LogP contribution >= 0.6 is 27.7 Å². The monoisotopic (exact) mass is 326 g/mol. The third kappa shape index (κ3) is 2.68. The molecule has 1 unspecified atom stereocenters. The predicted molar refractivity (Wildman–Crippen MR) is 74.5 cm³/mol. The van der Waals surface area contributed by atoms with E-state index in [-0.39, 0.29) is 10.4 Å². The van der Waals surface area contributed by atoms with Crippen molar-refractivity contribution in [2.45, 2.75) is 24.0 Å². The number of nitriles is 1. The SMILES string of the molecule is N#CC1(Cc2ccc([N+](=O)[O-])cc2Br)CCCS1. The Hall–Kier alpha value is -1.06. The fourth-order valence-electron chi connectivity index (χ4n) is 2.07. The van der Waals surface area contributed by atoms with E-state index < -0.39 is 4.92 Å². The second-order valence-corrected chi connectivity index (χ2v) is 6.60. The molecular weight excluding hydrogens is 316 g/mol. The van der Waals surface area contributed by atoms with Crippen LogP contribution in [0, 0.1) is 21.4 Å². The lowest BCUT2D eigenvalue weighted by Gasteiger charge is -2.19. The van der Waals surface area contributed by atoms with Gasteiger partial charge in [0.2, 0.25) is 0 Å². The Labute approximate surface area is 118 Å². The van der Waals surface area contributed by atoms with Gasteiger partial charge in [-0.05, 0) is 24.2 Å². The molecule has 1 fully saturated rings. The number of rotatable bonds is 3. The van der Waals surface area contributed by atoms with E-state index in [2.05, 4.69) is 22.0 Å². The van der Waals surface area contributed by atoms with Crippen LogP contribution in [0.25, 0.3) is 0 Å². The van der Waals surface area contributed by atoms with Gasteiger partial charge in [-0.2, -0.15) is 5.26 Å². The van der Waals surface area contributed by atoms with Crippen molar-refractivity contribution < 1.29 is 4.92 Å². The lowest BCUT2D eigenvalue weighted by Crippen LogP contribution is -2.21. The van der Waals surface area contributed by atoms with Crippen LogP contribution in [0.4, 0.5) is 5.69 Å². The lowest BCUT2D eigenvalue weighted by atomic mass is 9.95. The molecule has 0 aliphatic carbocycles. The van der Waals surface area contributed by atoms with Crippen molar-refractivity contribution in [3.8, 4) is 6.07 Å². The first-order chi connectivity index (χ1) is 8.56. The van der Waals surface area contributed by atoms with Crippen LogP contribution in [-0.4, -0.2) is 15.4 Å². The zero-order valence-electron chi connectivity index (χ0n) is 9.56. The molecule has 1 heterocycles. The normalized spacial score (nSPS) is 22.7. The number of hydrogen-bond acceptors (Lipinski definition) is 4. The molecule has 0 N–H and O–H groups in total. The molecule has 4 nitrogen and oxygen atoms in total. The van der Waals surface area contributed by atoms with E-state index in [0.717, 1.165) is 24.2 Å². The highest BCUT2D eigenvalue weighted by Gasteiger charge is 2.35. The molecule has 6 heteroatoms. The van der Waals surface area contributed by atoms with Gasteiger partial charge in [0.25, 0.3) is 5.69 Å². The molecule has 0 amide bonds. The first-order valence-electron chi connectivity index (χ1n) is 5.54. The minimum atomic E-state index is -0.418. The van der Waals surface area contributed by atoms with Crippen molar-refractivity contribution in [1.29, 1.82) is 5.26 Å². The average molecular weight is 327 g/mol. The lowest BCUT2D eigenvalue weighted by molar-refractivity contribution is -0.384. The van der Waals surface area contributed by atoms with E-state index in [1.165, 1.54) is 12.1 Å². The van der Waals surface area contributed by atoms with Crippen LogP contribution in [0.2, 0.25) is 0 Å². The second-order valence-electron chi connectivity index (χ2n) is 4.27. The summed E-state index contributed by atoms with van der Waals surface area (Å²) in [6, 6.07) is 7.13. The molecule has 0 bridgehead atoms. The number of nitrogens with zero attached hydrogens (tertiary/aromatic N) is 2. The zero-order chi connectivity index (χ0) is 13.2. The Bertz CT molecular complexity index is 521. The van der Waals surface area contributed by atoms with Crippen molar-refractivity contribution in [2.75, 3.05) is 5.75 Å². The number of nitro groups is 1. The number of hydrogen-bond donors (Lipinski definition) is 0. The maximum absolute atomic E-state index is 10.7. The highest BCUT2D eigenvalue weighted by Crippen LogP contribution is 2.41. The van der Waals surface area contributed by atoms with Gasteiger partial charge in [-0.1, -0.05) is 22.0 Å². The molecular formula is C12H11BrN2O2S. The number of halogens is 1. The van der Waals surface area contributed by atoms with Crippen LogP contribution in [0.1, 0.15) is 18.4 Å². The highest BCUT2D eigenvalue weighted by molar-refractivity contribution is 9.10. The molecule has 0 radical (unpaired) electrons. The Morgan fingerprint density at radius 1 is 1.61 bits per heavy atom. The molecule has 1 aromatic carbocycles. The minimum absolute atomic E-state index is 0.0655. The minimum Gasteiger partial charge on any atom is -0.258 e. The first kappa shape index (κ1) is 13.4. The molecule has 94 valence electrons. The summed E-state index contributed by atoms with van der Waals surface area (Å²) in [5, 5.41) is 20.0. The van der Waals surface area contributed by atoms with E-state index in [0.29, 0.717) is 10.9 Å². The van der Waals surface area contributed by atoms with Crippen molar-refractivity contribution in [3.63, 3.8) is 0 Å². The molecule has 1 atom stereocenters. The maximum atomic E-state index is 10.7.